The van der Waals surface area contributed by atoms with Crippen molar-refractivity contribution < 1.29 is 41.6 Å². The number of esters is 4. The van der Waals surface area contributed by atoms with Crippen LogP contribution in [0.3, 0.4) is 0 Å². The summed E-state index contributed by atoms with van der Waals surface area (Å²) in [7, 11) is -5.13. The Morgan fingerprint density at radius 3 is 1.57 bits per heavy atom. The molecule has 1 atom stereocenters. The molecule has 9 nitrogen and oxygen atoms in total. The number of carbonyl (C=O) groups is 4. The Labute approximate surface area is 216 Å². The van der Waals surface area contributed by atoms with E-state index in [4.69, 9.17) is 0 Å². The Bertz CT molecular complexity index is 993. The third-order valence-electron chi connectivity index (χ3n) is 3.39. The summed E-state index contributed by atoms with van der Waals surface area (Å²) < 4.78 is 40.9. The van der Waals surface area contributed by atoms with Crippen LogP contribution in [0.15, 0.2) is 60.7 Å². The van der Waals surface area contributed by atoms with Gasteiger partial charge in [-0.25, -0.2) is 9.59 Å². The quantitative estimate of drug-likeness (QED) is 0.278. The van der Waals surface area contributed by atoms with Gasteiger partial charge in [0.15, 0.2) is 5.25 Å². The molecule has 0 aliphatic heterocycles. The van der Waals surface area contributed by atoms with Gasteiger partial charge >= 0.3 is 83.0 Å². The van der Waals surface area contributed by atoms with Gasteiger partial charge in [-0.1, -0.05) is 36.4 Å². The van der Waals surface area contributed by atoms with E-state index in [1.54, 1.807) is 12.1 Å². The summed E-state index contributed by atoms with van der Waals surface area (Å²) in [4.78, 5) is 47.5. The number of hydrogen-bond acceptors (Lipinski definition) is 8. The third kappa shape index (κ3) is 8.78. The fourth-order valence-electron chi connectivity index (χ4n) is 2.03. The van der Waals surface area contributed by atoms with Crippen molar-refractivity contribution in [2.75, 3.05) is 0 Å². The molecular formula is C18H16Na2O9S. The van der Waals surface area contributed by atoms with Crippen LogP contribution in [0, 0.1) is 0 Å². The summed E-state index contributed by atoms with van der Waals surface area (Å²) in [6, 6.07) is 14.5. The van der Waals surface area contributed by atoms with Gasteiger partial charge in [0, 0.05) is 0 Å². The molecule has 0 amide bonds. The van der Waals surface area contributed by atoms with E-state index < -0.39 is 45.7 Å². The zero-order valence-electron chi connectivity index (χ0n) is 14.2. The minimum absolute atomic E-state index is 0. The molecule has 0 radical (unpaired) electrons. The van der Waals surface area contributed by atoms with Gasteiger partial charge in [-0.3, -0.25) is 14.1 Å². The van der Waals surface area contributed by atoms with E-state index in [0.717, 1.165) is 0 Å². The maximum atomic E-state index is 12.0. The molecule has 0 aromatic heterocycles. The first-order chi connectivity index (χ1) is 13.2. The Morgan fingerprint density at radius 2 is 1.17 bits per heavy atom. The van der Waals surface area contributed by atoms with Crippen LogP contribution in [0.4, 0.5) is 0 Å². The van der Waals surface area contributed by atoms with Crippen LogP contribution in [0.25, 0.3) is 0 Å². The van der Waals surface area contributed by atoms with E-state index in [1.165, 1.54) is 48.5 Å². The Morgan fingerprint density at radius 1 is 0.767 bits per heavy atom. The van der Waals surface area contributed by atoms with Crippen molar-refractivity contribution in [2.24, 2.45) is 0 Å². The first-order valence-corrected chi connectivity index (χ1v) is 9.26. The molecule has 1 N–H and O–H groups in total. The molecule has 0 bridgehead atoms. The average molecular weight is 454 g/mol. The molecule has 0 aliphatic rings. The molecule has 0 saturated heterocycles. The fraction of sp³-hybridized carbons (Fsp3) is 0.111. The molecule has 12 heteroatoms. The van der Waals surface area contributed by atoms with Crippen molar-refractivity contribution in [3.8, 4) is 0 Å². The second-order valence-corrected chi connectivity index (χ2v) is 7.01. The van der Waals surface area contributed by atoms with Gasteiger partial charge in [0.2, 0.25) is 0 Å². The van der Waals surface area contributed by atoms with Crippen LogP contribution in [-0.2, 0) is 29.2 Å². The van der Waals surface area contributed by atoms with Crippen molar-refractivity contribution in [3.63, 3.8) is 0 Å². The Hall–Kier alpha value is -1.37. The summed E-state index contributed by atoms with van der Waals surface area (Å²) in [6.07, 6.45) is -1.22. The Balaban J connectivity index is 0.00000420. The second kappa shape index (κ2) is 13.1. The summed E-state index contributed by atoms with van der Waals surface area (Å²) in [5.74, 6) is -5.33. The van der Waals surface area contributed by atoms with E-state index in [2.05, 4.69) is 9.47 Å². The van der Waals surface area contributed by atoms with Crippen molar-refractivity contribution in [1.29, 1.82) is 0 Å². The molecule has 0 fully saturated rings. The molecule has 0 aliphatic carbocycles. The topological polar surface area (TPSA) is 141 Å². The summed E-state index contributed by atoms with van der Waals surface area (Å²) in [5, 5.41) is -2.43. The van der Waals surface area contributed by atoms with Gasteiger partial charge in [0.25, 0.3) is 10.1 Å². The SMILES string of the molecule is O=C(CC(C(=O)OC(=O)c1ccccc1)S(=O)(=O)O)OC(=O)c1ccccc1.[NaH].[NaH]. The van der Waals surface area contributed by atoms with Gasteiger partial charge in [-0.15, -0.1) is 0 Å². The monoisotopic (exact) mass is 454 g/mol. The second-order valence-electron chi connectivity index (χ2n) is 5.41. The molecular weight excluding hydrogens is 438 g/mol. The van der Waals surface area contributed by atoms with E-state index in [0.29, 0.717) is 0 Å². The van der Waals surface area contributed by atoms with Crippen molar-refractivity contribution in [3.05, 3.63) is 71.8 Å². The van der Waals surface area contributed by atoms with Crippen LogP contribution in [0.5, 0.6) is 0 Å². The van der Waals surface area contributed by atoms with E-state index in [9.17, 15) is 32.1 Å². The number of benzene rings is 2. The van der Waals surface area contributed by atoms with Crippen molar-refractivity contribution in [2.45, 2.75) is 11.7 Å². The summed E-state index contributed by atoms with van der Waals surface area (Å²) in [5.41, 5.74) is -0.0344. The van der Waals surface area contributed by atoms with Crippen molar-refractivity contribution >= 4 is 93.1 Å². The van der Waals surface area contributed by atoms with Crippen LogP contribution in [0.1, 0.15) is 27.1 Å². The van der Waals surface area contributed by atoms with Crippen LogP contribution < -0.4 is 0 Å². The molecule has 0 spiro atoms. The summed E-state index contributed by atoms with van der Waals surface area (Å²) in [6.45, 7) is 0. The van der Waals surface area contributed by atoms with E-state index >= 15 is 0 Å². The standard InChI is InChI=1S/C18H14O9S.2Na.2H/c19-15(26-16(20)12-7-3-1-4-8-12)11-14(28(23,24)25)18(22)27-17(21)13-9-5-2-6-10-13;;;;/h1-10,14H,11H2,(H,23,24,25);;;;. The predicted octanol–water partition coefficient (Wildman–Crippen LogP) is 0.103. The van der Waals surface area contributed by atoms with Gasteiger partial charge in [0.05, 0.1) is 17.5 Å². The average Bonchev–Trinajstić information content (AvgIpc) is 2.66. The molecule has 2 rings (SSSR count). The zero-order chi connectivity index (χ0) is 20.7. The molecule has 30 heavy (non-hydrogen) atoms. The molecule has 150 valence electrons. The zero-order valence-corrected chi connectivity index (χ0v) is 15.0. The van der Waals surface area contributed by atoms with Gasteiger partial charge in [-0.2, -0.15) is 8.42 Å². The van der Waals surface area contributed by atoms with Gasteiger partial charge in [0.1, 0.15) is 0 Å². The number of hydrogen-bond donors (Lipinski definition) is 1. The number of ether oxygens (including phenoxy) is 2. The first kappa shape index (κ1) is 28.6. The summed E-state index contributed by atoms with van der Waals surface area (Å²) >= 11 is 0. The van der Waals surface area contributed by atoms with E-state index in [1.807, 2.05) is 0 Å². The van der Waals surface area contributed by atoms with Gasteiger partial charge < -0.3 is 9.47 Å². The number of carbonyl (C=O) groups excluding carboxylic acids is 4. The fourth-order valence-corrected chi connectivity index (χ4v) is 2.67. The molecule has 2 aromatic carbocycles. The number of rotatable bonds is 6. The third-order valence-corrected chi connectivity index (χ3v) is 4.47. The molecule has 0 heterocycles. The molecule has 0 saturated carbocycles. The minimum atomic E-state index is -5.13. The predicted molar refractivity (Wildman–Crippen MR) is 108 cm³/mol. The van der Waals surface area contributed by atoms with E-state index in [-0.39, 0.29) is 70.2 Å². The molecule has 1 unspecified atom stereocenters. The maximum absolute atomic E-state index is 12.0. The van der Waals surface area contributed by atoms with Crippen molar-refractivity contribution in [1.82, 2.24) is 0 Å². The Kier molecular flexibility index (Phi) is 12.5. The first-order valence-electron chi connectivity index (χ1n) is 7.76. The van der Waals surface area contributed by atoms with Crippen LogP contribution in [-0.4, -0.2) is 101 Å². The molecule has 2 aromatic rings. The van der Waals surface area contributed by atoms with Crippen LogP contribution in [0.2, 0.25) is 0 Å². The van der Waals surface area contributed by atoms with Gasteiger partial charge in [-0.05, 0) is 24.3 Å². The normalized spacial score (nSPS) is 11.1. The van der Waals surface area contributed by atoms with Crippen LogP contribution >= 0.6 is 0 Å².